The lowest BCUT2D eigenvalue weighted by Crippen LogP contribution is -2.52. The van der Waals surface area contributed by atoms with E-state index in [-0.39, 0.29) is 9.75 Å². The van der Waals surface area contributed by atoms with Gasteiger partial charge < -0.3 is 26.6 Å². The van der Waals surface area contributed by atoms with Gasteiger partial charge in [-0.25, -0.2) is 0 Å². The maximum absolute atomic E-state index is 5.78. The molecule has 0 aliphatic carbocycles. The molecule has 0 aliphatic heterocycles. The molecule has 2 atom stereocenters. The highest BCUT2D eigenvalue weighted by atomic mass is 33.5. The summed E-state index contributed by atoms with van der Waals surface area (Å²) in [7, 11) is 6.29. The van der Waals surface area contributed by atoms with Crippen LogP contribution < -0.4 is 0 Å². The molecule has 0 N–H and O–H groups in total. The zero-order valence-corrected chi connectivity index (χ0v) is 19.7. The summed E-state index contributed by atoms with van der Waals surface area (Å²) in [5.74, 6) is 0. The molecule has 0 heterocycles. The average molecular weight is 423 g/mol. The van der Waals surface area contributed by atoms with Crippen molar-refractivity contribution < 1.29 is 26.6 Å². The molecule has 0 amide bonds. The van der Waals surface area contributed by atoms with Gasteiger partial charge in [-0.15, -0.1) is 0 Å². The zero-order chi connectivity index (χ0) is 17.9. The predicted octanol–water partition coefficient (Wildman–Crippen LogP) is 3.41. The van der Waals surface area contributed by atoms with Crippen molar-refractivity contribution in [3.05, 3.63) is 0 Å². The van der Waals surface area contributed by atoms with Gasteiger partial charge in [-0.2, -0.15) is 0 Å². The van der Waals surface area contributed by atoms with E-state index >= 15 is 0 Å². The second-order valence-electron chi connectivity index (χ2n) is 4.43. The van der Waals surface area contributed by atoms with Crippen LogP contribution in [-0.2, 0) is 26.6 Å². The zero-order valence-electron chi connectivity index (χ0n) is 15.2. The molecule has 23 heavy (non-hydrogen) atoms. The minimum atomic E-state index is -2.65. The molecule has 0 aliphatic rings. The smallest absolute Gasteiger partial charge is 0.376 e. The van der Waals surface area contributed by atoms with Gasteiger partial charge in [0, 0.05) is 41.7 Å². The minimum absolute atomic E-state index is 0.107. The van der Waals surface area contributed by atoms with Crippen LogP contribution in [0.4, 0.5) is 0 Å². The van der Waals surface area contributed by atoms with Crippen molar-refractivity contribution in [3.8, 4) is 0 Å². The van der Waals surface area contributed by atoms with Crippen molar-refractivity contribution in [2.75, 3.05) is 41.7 Å². The van der Waals surface area contributed by atoms with Crippen molar-refractivity contribution in [1.29, 1.82) is 0 Å². The third-order valence-electron chi connectivity index (χ3n) is 3.19. The van der Waals surface area contributed by atoms with Crippen LogP contribution in [-0.4, -0.2) is 69.0 Å². The van der Waals surface area contributed by atoms with Crippen LogP contribution in [0, 0.1) is 0 Å². The Balaban J connectivity index is 4.62. The van der Waals surface area contributed by atoms with Crippen LogP contribution in [0.3, 0.4) is 0 Å². The molecule has 0 aromatic heterocycles. The van der Waals surface area contributed by atoms with Crippen LogP contribution in [0.2, 0.25) is 0 Å². The summed E-state index contributed by atoms with van der Waals surface area (Å²) in [5, 5.41) is 0. The first kappa shape index (κ1) is 24.2. The SMILES string of the molecule is CCO[Si](OC)(OC)C(C)SSSC(C)[Si](OC)(OC)OCC. The molecular formula is C12H30O6S3Si2. The molecule has 0 radical (unpaired) electrons. The molecule has 140 valence electrons. The first-order valence-corrected chi connectivity index (χ1v) is 14.6. The second-order valence-corrected chi connectivity index (χ2v) is 16.4. The third-order valence-corrected chi connectivity index (χ3v) is 16.7. The van der Waals surface area contributed by atoms with Crippen LogP contribution in [0.1, 0.15) is 27.7 Å². The Bertz CT molecular complexity index is 281. The van der Waals surface area contributed by atoms with Crippen LogP contribution in [0.15, 0.2) is 0 Å². The number of hydrogen-bond acceptors (Lipinski definition) is 9. The molecule has 6 nitrogen and oxygen atoms in total. The average Bonchev–Trinajstić information content (AvgIpc) is 2.57. The summed E-state index contributed by atoms with van der Waals surface area (Å²) in [5.41, 5.74) is 0. The normalized spacial score (nSPS) is 15.7. The molecule has 0 saturated heterocycles. The largest absolute Gasteiger partial charge is 0.514 e. The van der Waals surface area contributed by atoms with Gasteiger partial charge in [0.15, 0.2) is 0 Å². The van der Waals surface area contributed by atoms with Crippen molar-refractivity contribution in [2.24, 2.45) is 0 Å². The van der Waals surface area contributed by atoms with Crippen LogP contribution in [0.5, 0.6) is 0 Å². The number of rotatable bonds is 14. The van der Waals surface area contributed by atoms with Gasteiger partial charge in [0.2, 0.25) is 0 Å². The first-order valence-electron chi connectivity index (χ1n) is 7.39. The highest BCUT2D eigenvalue weighted by Gasteiger charge is 2.48. The van der Waals surface area contributed by atoms with E-state index < -0.39 is 17.6 Å². The lowest BCUT2D eigenvalue weighted by Gasteiger charge is -2.32. The Morgan fingerprint density at radius 2 is 1.00 bits per heavy atom. The van der Waals surface area contributed by atoms with Gasteiger partial charge in [0.05, 0.1) is 9.75 Å². The fourth-order valence-corrected chi connectivity index (χ4v) is 15.8. The van der Waals surface area contributed by atoms with Crippen LogP contribution >= 0.6 is 31.4 Å². The van der Waals surface area contributed by atoms with E-state index in [4.69, 9.17) is 26.6 Å². The fourth-order valence-electron chi connectivity index (χ4n) is 1.96. The van der Waals surface area contributed by atoms with Gasteiger partial charge in [-0.05, 0) is 37.5 Å². The van der Waals surface area contributed by atoms with Crippen molar-refractivity contribution in [3.63, 3.8) is 0 Å². The third kappa shape index (κ3) is 6.81. The fraction of sp³-hybridized carbons (Fsp3) is 1.00. The molecule has 11 heteroatoms. The van der Waals surface area contributed by atoms with Gasteiger partial charge in [-0.3, -0.25) is 0 Å². The highest BCUT2D eigenvalue weighted by Crippen LogP contribution is 2.45. The molecule has 0 spiro atoms. The molecule has 0 rings (SSSR count). The summed E-state index contributed by atoms with van der Waals surface area (Å²) in [6, 6.07) is 0. The minimum Gasteiger partial charge on any atom is -0.376 e. The van der Waals surface area contributed by atoms with Gasteiger partial charge in [-0.1, -0.05) is 21.6 Å². The predicted molar refractivity (Wildman–Crippen MR) is 104 cm³/mol. The molecule has 0 saturated carbocycles. The molecule has 0 fully saturated rings. The lowest BCUT2D eigenvalue weighted by atomic mass is 10.9. The molecule has 0 bridgehead atoms. The maximum Gasteiger partial charge on any atom is 0.514 e. The van der Waals surface area contributed by atoms with Crippen LogP contribution in [0.25, 0.3) is 0 Å². The second kappa shape index (κ2) is 12.6. The van der Waals surface area contributed by atoms with Gasteiger partial charge >= 0.3 is 17.6 Å². The summed E-state index contributed by atoms with van der Waals surface area (Å²) in [6.07, 6.45) is 0. The topological polar surface area (TPSA) is 55.4 Å². The summed E-state index contributed by atoms with van der Waals surface area (Å²) in [4.78, 5) is 0.214. The number of hydrogen-bond donors (Lipinski definition) is 0. The van der Waals surface area contributed by atoms with E-state index in [0.29, 0.717) is 13.2 Å². The van der Waals surface area contributed by atoms with E-state index in [0.717, 1.165) is 0 Å². The Kier molecular flexibility index (Phi) is 13.3. The Morgan fingerprint density at radius 3 is 1.22 bits per heavy atom. The lowest BCUT2D eigenvalue weighted by molar-refractivity contribution is 0.103. The quantitative estimate of drug-likeness (QED) is 0.309. The van der Waals surface area contributed by atoms with E-state index in [2.05, 4.69) is 13.8 Å². The summed E-state index contributed by atoms with van der Waals surface area (Å²) < 4.78 is 33.9. The Hall–Kier alpha value is 1.24. The molecular weight excluding hydrogens is 392 g/mol. The highest BCUT2D eigenvalue weighted by molar-refractivity contribution is 9.09. The maximum atomic E-state index is 5.78. The van der Waals surface area contributed by atoms with E-state index in [1.165, 1.54) is 0 Å². The molecule has 0 aromatic carbocycles. The van der Waals surface area contributed by atoms with E-state index in [1.807, 2.05) is 13.8 Å². The van der Waals surface area contributed by atoms with E-state index in [9.17, 15) is 0 Å². The summed E-state index contributed by atoms with van der Waals surface area (Å²) >= 11 is 0. The van der Waals surface area contributed by atoms with Gasteiger partial charge in [0.25, 0.3) is 0 Å². The molecule has 2 unspecified atom stereocenters. The van der Waals surface area contributed by atoms with E-state index in [1.54, 1.807) is 59.9 Å². The van der Waals surface area contributed by atoms with Crippen molar-refractivity contribution in [2.45, 2.75) is 37.4 Å². The van der Waals surface area contributed by atoms with Crippen molar-refractivity contribution in [1.82, 2.24) is 0 Å². The molecule has 0 aromatic rings. The Morgan fingerprint density at radius 1 is 0.696 bits per heavy atom. The van der Waals surface area contributed by atoms with Crippen molar-refractivity contribution >= 4 is 49.0 Å². The van der Waals surface area contributed by atoms with Gasteiger partial charge in [0.1, 0.15) is 0 Å². The summed E-state index contributed by atoms with van der Waals surface area (Å²) in [6.45, 7) is 9.16. The monoisotopic (exact) mass is 422 g/mol. The Labute approximate surface area is 154 Å². The first-order chi connectivity index (χ1) is 10.9. The standard InChI is InChI=1S/C12H30O6S3Si2/c1-9-17-22(13-5,14-6)11(3)19-21-20-12(4)23(15-7,16-8)18-10-2/h11-12H,9-10H2,1-8H3.